The highest BCUT2D eigenvalue weighted by atomic mass is 16.5. The average molecular weight is 382 g/mol. The molecule has 1 aliphatic rings. The van der Waals surface area contributed by atoms with E-state index >= 15 is 0 Å². The molecule has 0 radical (unpaired) electrons. The van der Waals surface area contributed by atoms with E-state index in [1.54, 1.807) is 20.3 Å². The number of ether oxygens (including phenoxy) is 3. The third-order valence-corrected chi connectivity index (χ3v) is 4.79. The van der Waals surface area contributed by atoms with Crippen LogP contribution in [0.15, 0.2) is 49.1 Å². The van der Waals surface area contributed by atoms with Gasteiger partial charge in [-0.05, 0) is 31.2 Å². The molecule has 28 heavy (non-hydrogen) atoms. The zero-order valence-corrected chi connectivity index (χ0v) is 16.5. The molecule has 2 aromatic rings. The minimum atomic E-state index is -0.163. The Morgan fingerprint density at radius 3 is 2.86 bits per heavy atom. The number of para-hydroxylation sites is 1. The van der Waals surface area contributed by atoms with E-state index in [4.69, 9.17) is 14.2 Å². The molecule has 148 valence electrons. The summed E-state index contributed by atoms with van der Waals surface area (Å²) in [7, 11) is 3.17. The third kappa shape index (κ3) is 3.91. The number of methoxy groups -OCH3 is 2. The van der Waals surface area contributed by atoms with Crippen molar-refractivity contribution >= 4 is 11.6 Å². The van der Waals surface area contributed by atoms with Crippen molar-refractivity contribution in [3.05, 3.63) is 60.2 Å². The monoisotopic (exact) mass is 382 g/mol. The molecule has 2 aromatic carbocycles. The Morgan fingerprint density at radius 1 is 1.32 bits per heavy atom. The maximum absolute atomic E-state index is 12.7. The molecule has 1 amide bonds. The molecule has 1 aliphatic heterocycles. The highest BCUT2D eigenvalue weighted by Gasteiger charge is 2.24. The van der Waals surface area contributed by atoms with Crippen LogP contribution >= 0.6 is 0 Å². The van der Waals surface area contributed by atoms with Crippen LogP contribution < -0.4 is 24.4 Å². The van der Waals surface area contributed by atoms with E-state index in [0.717, 1.165) is 17.0 Å². The van der Waals surface area contributed by atoms with Crippen LogP contribution in [0.3, 0.4) is 0 Å². The van der Waals surface area contributed by atoms with Crippen LogP contribution in [0.5, 0.6) is 17.2 Å². The second-order valence-electron chi connectivity index (χ2n) is 6.62. The van der Waals surface area contributed by atoms with E-state index in [2.05, 4.69) is 23.7 Å². The van der Waals surface area contributed by atoms with Crippen molar-refractivity contribution in [2.24, 2.45) is 0 Å². The summed E-state index contributed by atoms with van der Waals surface area (Å²) in [4.78, 5) is 14.9. The fraction of sp³-hybridized carbons (Fsp3) is 0.318. The molecule has 0 saturated carbocycles. The lowest BCUT2D eigenvalue weighted by atomic mass is 10.1. The van der Waals surface area contributed by atoms with E-state index < -0.39 is 0 Å². The van der Waals surface area contributed by atoms with E-state index in [-0.39, 0.29) is 11.9 Å². The van der Waals surface area contributed by atoms with Gasteiger partial charge in [-0.1, -0.05) is 18.2 Å². The Balaban J connectivity index is 1.78. The normalized spacial score (nSPS) is 15.2. The number of nitrogens with zero attached hydrogens (tertiary/aromatic N) is 1. The lowest BCUT2D eigenvalue weighted by Crippen LogP contribution is -2.41. The fourth-order valence-electron chi connectivity index (χ4n) is 3.33. The first-order valence-corrected chi connectivity index (χ1v) is 9.21. The molecular formula is C22H26N2O4. The number of hydrogen-bond acceptors (Lipinski definition) is 5. The first-order valence-electron chi connectivity index (χ1n) is 9.21. The third-order valence-electron chi connectivity index (χ3n) is 4.79. The van der Waals surface area contributed by atoms with Gasteiger partial charge in [0.2, 0.25) is 0 Å². The van der Waals surface area contributed by atoms with Gasteiger partial charge < -0.3 is 24.4 Å². The summed E-state index contributed by atoms with van der Waals surface area (Å²) in [5.74, 6) is 1.87. The topological polar surface area (TPSA) is 60.0 Å². The first-order chi connectivity index (χ1) is 13.6. The number of hydrogen-bond donors (Lipinski definition) is 1. The molecule has 0 unspecified atom stereocenters. The molecule has 0 saturated heterocycles. The summed E-state index contributed by atoms with van der Waals surface area (Å²) >= 11 is 0. The summed E-state index contributed by atoms with van der Waals surface area (Å²) in [6, 6.07) is 11.3. The Bertz CT molecular complexity index is 866. The quantitative estimate of drug-likeness (QED) is 0.744. The highest BCUT2D eigenvalue weighted by Crippen LogP contribution is 2.35. The van der Waals surface area contributed by atoms with Gasteiger partial charge in [0, 0.05) is 24.2 Å². The molecule has 1 atom stereocenters. The van der Waals surface area contributed by atoms with Gasteiger partial charge in [0.1, 0.15) is 12.4 Å². The molecule has 0 bridgehead atoms. The number of rotatable bonds is 7. The van der Waals surface area contributed by atoms with Crippen molar-refractivity contribution in [1.82, 2.24) is 5.32 Å². The van der Waals surface area contributed by atoms with E-state index in [0.29, 0.717) is 36.8 Å². The predicted octanol–water partition coefficient (Wildman–Crippen LogP) is 3.41. The standard InChI is InChI=1S/C22H26N2O4/c1-5-11-24-15(2)14-28-19-10-9-16(12-18(19)24)22(25)23-13-17-7-6-8-20(26-3)21(17)27-4/h5-10,12,15H,1,11,13-14H2,2-4H3,(H,23,25)/t15-/m1/s1. The molecular weight excluding hydrogens is 356 g/mol. The van der Waals surface area contributed by atoms with Crippen LogP contribution in [0.4, 0.5) is 5.69 Å². The van der Waals surface area contributed by atoms with Gasteiger partial charge in [-0.15, -0.1) is 6.58 Å². The smallest absolute Gasteiger partial charge is 0.251 e. The van der Waals surface area contributed by atoms with Crippen LogP contribution in [0.2, 0.25) is 0 Å². The number of fused-ring (bicyclic) bond motifs is 1. The fourth-order valence-corrected chi connectivity index (χ4v) is 3.33. The Labute approximate surface area is 165 Å². The van der Waals surface area contributed by atoms with Gasteiger partial charge in [-0.25, -0.2) is 0 Å². The maximum atomic E-state index is 12.7. The lowest BCUT2D eigenvalue weighted by Gasteiger charge is -2.36. The van der Waals surface area contributed by atoms with Gasteiger partial charge in [-0.2, -0.15) is 0 Å². The van der Waals surface area contributed by atoms with Crippen molar-refractivity contribution in [3.8, 4) is 17.2 Å². The number of amides is 1. The molecule has 0 aliphatic carbocycles. The van der Waals surface area contributed by atoms with E-state index in [1.165, 1.54) is 0 Å². The Kier molecular flexibility index (Phi) is 6.09. The molecule has 1 N–H and O–H groups in total. The Morgan fingerprint density at radius 2 is 2.14 bits per heavy atom. The number of benzene rings is 2. The maximum Gasteiger partial charge on any atom is 0.251 e. The van der Waals surface area contributed by atoms with Crippen molar-refractivity contribution < 1.29 is 19.0 Å². The van der Waals surface area contributed by atoms with Crippen molar-refractivity contribution in [3.63, 3.8) is 0 Å². The molecule has 1 heterocycles. The van der Waals surface area contributed by atoms with Crippen LogP contribution in [0, 0.1) is 0 Å². The van der Waals surface area contributed by atoms with Gasteiger partial charge in [0.05, 0.1) is 25.9 Å². The first kappa shape index (κ1) is 19.6. The summed E-state index contributed by atoms with van der Waals surface area (Å²) in [5.41, 5.74) is 2.33. The second kappa shape index (κ2) is 8.69. The summed E-state index contributed by atoms with van der Waals surface area (Å²) in [6.45, 7) is 7.56. The molecule has 3 rings (SSSR count). The highest BCUT2D eigenvalue weighted by molar-refractivity contribution is 5.95. The largest absolute Gasteiger partial charge is 0.493 e. The van der Waals surface area contributed by atoms with E-state index in [1.807, 2.05) is 36.4 Å². The molecule has 6 nitrogen and oxygen atoms in total. The van der Waals surface area contributed by atoms with Gasteiger partial charge in [0.25, 0.3) is 5.91 Å². The van der Waals surface area contributed by atoms with Crippen LogP contribution in [0.1, 0.15) is 22.8 Å². The van der Waals surface area contributed by atoms with E-state index in [9.17, 15) is 4.79 Å². The number of nitrogens with one attached hydrogen (secondary N) is 1. The SMILES string of the molecule is C=CCN1c2cc(C(=O)NCc3cccc(OC)c3OC)ccc2OC[C@H]1C. The lowest BCUT2D eigenvalue weighted by molar-refractivity contribution is 0.0950. The molecule has 6 heteroatoms. The summed E-state index contributed by atoms with van der Waals surface area (Å²) in [5, 5.41) is 2.95. The summed E-state index contributed by atoms with van der Waals surface area (Å²) < 4.78 is 16.5. The summed E-state index contributed by atoms with van der Waals surface area (Å²) in [6.07, 6.45) is 1.85. The zero-order chi connectivity index (χ0) is 20.1. The van der Waals surface area contributed by atoms with Crippen molar-refractivity contribution in [2.45, 2.75) is 19.5 Å². The minimum absolute atomic E-state index is 0.163. The average Bonchev–Trinajstić information content (AvgIpc) is 2.73. The molecule has 0 spiro atoms. The van der Waals surface area contributed by atoms with Gasteiger partial charge in [-0.3, -0.25) is 4.79 Å². The van der Waals surface area contributed by atoms with Crippen LogP contribution in [-0.4, -0.2) is 39.3 Å². The Hall–Kier alpha value is -3.15. The number of carbonyl (C=O) groups is 1. The molecule has 0 fully saturated rings. The van der Waals surface area contributed by atoms with Crippen molar-refractivity contribution in [1.29, 1.82) is 0 Å². The zero-order valence-electron chi connectivity index (χ0n) is 16.5. The van der Waals surface area contributed by atoms with Crippen molar-refractivity contribution in [2.75, 3.05) is 32.3 Å². The predicted molar refractivity (Wildman–Crippen MR) is 110 cm³/mol. The van der Waals surface area contributed by atoms with Crippen LogP contribution in [-0.2, 0) is 6.54 Å². The van der Waals surface area contributed by atoms with Gasteiger partial charge in [0.15, 0.2) is 11.5 Å². The molecule has 0 aromatic heterocycles. The second-order valence-corrected chi connectivity index (χ2v) is 6.62. The van der Waals surface area contributed by atoms with Crippen LogP contribution in [0.25, 0.3) is 0 Å². The van der Waals surface area contributed by atoms with Gasteiger partial charge >= 0.3 is 0 Å². The number of anilines is 1. The number of carbonyl (C=O) groups excluding carboxylic acids is 1. The minimum Gasteiger partial charge on any atom is -0.493 e.